The summed E-state index contributed by atoms with van der Waals surface area (Å²) in [5.74, 6) is 0. The SMILES string of the molecule is CCC[Si](CCC)(CCC)O[Si](CCC)(CCC)O[Si](CCC)(CCC)O[Si](CCC)(CCC)CCC. The van der Waals surface area contributed by atoms with Gasteiger partial charge in [-0.15, -0.1) is 0 Å². The summed E-state index contributed by atoms with van der Waals surface area (Å²) in [6.07, 6.45) is 12.2. The quantitative estimate of drug-likeness (QED) is 0.0937. The summed E-state index contributed by atoms with van der Waals surface area (Å²) < 4.78 is 23.5. The summed E-state index contributed by atoms with van der Waals surface area (Å²) in [5.41, 5.74) is 0. The minimum Gasteiger partial charge on any atom is -0.436 e. The zero-order valence-electron chi connectivity index (χ0n) is 27.4. The Kier molecular flexibility index (Phi) is 21.0. The van der Waals surface area contributed by atoms with E-state index in [0.717, 1.165) is 24.2 Å². The van der Waals surface area contributed by atoms with Gasteiger partial charge in [-0.25, -0.2) is 0 Å². The Balaban J connectivity index is 6.83. The predicted octanol–water partition coefficient (Wildman–Crippen LogP) is 11.9. The summed E-state index contributed by atoms with van der Waals surface area (Å²) in [4.78, 5) is 0. The fraction of sp³-hybridized carbons (Fsp3) is 1.00. The second-order valence-corrected chi connectivity index (χ2v) is 27.8. The molecule has 7 heteroatoms. The van der Waals surface area contributed by atoms with E-state index in [1.54, 1.807) is 0 Å². The van der Waals surface area contributed by atoms with Gasteiger partial charge in [-0.2, -0.15) is 0 Å². The molecule has 0 N–H and O–H groups in total. The first kappa shape index (κ1) is 37.7. The van der Waals surface area contributed by atoms with Crippen LogP contribution in [0.3, 0.4) is 0 Å². The van der Waals surface area contributed by atoms with Gasteiger partial charge in [0.1, 0.15) is 0 Å². The fourth-order valence-electron chi connectivity index (χ4n) is 7.14. The maximum absolute atomic E-state index is 7.88. The van der Waals surface area contributed by atoms with Crippen LogP contribution in [-0.2, 0) is 12.3 Å². The van der Waals surface area contributed by atoms with Crippen LogP contribution in [0.25, 0.3) is 0 Å². The van der Waals surface area contributed by atoms with Gasteiger partial charge in [-0.05, 0) is 60.4 Å². The topological polar surface area (TPSA) is 27.7 Å². The Morgan fingerprint density at radius 2 is 0.459 bits per heavy atom. The molecule has 0 atom stereocenters. The number of hydrogen-bond donors (Lipinski definition) is 0. The Labute approximate surface area is 239 Å². The third-order valence-electron chi connectivity index (χ3n) is 7.93. The van der Waals surface area contributed by atoms with E-state index in [-0.39, 0.29) is 0 Å². The zero-order chi connectivity index (χ0) is 28.3. The van der Waals surface area contributed by atoms with Gasteiger partial charge < -0.3 is 12.3 Å². The summed E-state index contributed by atoms with van der Waals surface area (Å²) in [6.45, 7) is 23.7. The van der Waals surface area contributed by atoms with Crippen LogP contribution in [0.4, 0.5) is 0 Å². The molecule has 0 amide bonds. The summed E-state index contributed by atoms with van der Waals surface area (Å²) in [7, 11) is -8.48. The summed E-state index contributed by atoms with van der Waals surface area (Å²) >= 11 is 0. The molecule has 0 radical (unpaired) electrons. The summed E-state index contributed by atoms with van der Waals surface area (Å²) in [6, 6.07) is 12.4. The molecule has 0 fully saturated rings. The maximum atomic E-state index is 7.88. The zero-order valence-corrected chi connectivity index (χ0v) is 31.4. The van der Waals surface area contributed by atoms with Crippen LogP contribution in [0, 0.1) is 0 Å². The highest BCUT2D eigenvalue weighted by Gasteiger charge is 2.53. The average molecular weight is 591 g/mol. The van der Waals surface area contributed by atoms with Crippen molar-refractivity contribution in [3.05, 3.63) is 0 Å². The van der Waals surface area contributed by atoms with Crippen LogP contribution in [0.1, 0.15) is 133 Å². The van der Waals surface area contributed by atoms with E-state index in [4.69, 9.17) is 12.3 Å². The lowest BCUT2D eigenvalue weighted by Gasteiger charge is -2.49. The van der Waals surface area contributed by atoms with E-state index >= 15 is 0 Å². The molecule has 0 saturated heterocycles. The molecular weight excluding hydrogens is 521 g/mol. The van der Waals surface area contributed by atoms with Crippen molar-refractivity contribution in [2.24, 2.45) is 0 Å². The molecule has 0 bridgehead atoms. The molecule has 0 heterocycles. The molecule has 0 rings (SSSR count). The molecule has 0 unspecified atom stereocenters. The van der Waals surface area contributed by atoms with Crippen molar-refractivity contribution in [1.29, 1.82) is 0 Å². The molecule has 224 valence electrons. The maximum Gasteiger partial charge on any atom is 0.319 e. The van der Waals surface area contributed by atoms with E-state index in [9.17, 15) is 0 Å². The van der Waals surface area contributed by atoms with Gasteiger partial charge in [0.25, 0.3) is 0 Å². The highest BCUT2D eigenvalue weighted by molar-refractivity contribution is 6.92. The number of hydrogen-bond acceptors (Lipinski definition) is 3. The second-order valence-electron chi connectivity index (χ2n) is 12.0. The molecule has 0 aromatic carbocycles. The van der Waals surface area contributed by atoms with E-state index in [1.807, 2.05) is 0 Å². The lowest BCUT2D eigenvalue weighted by atomic mass is 10.6. The minimum atomic E-state index is -2.40. The molecule has 0 saturated carbocycles. The third-order valence-corrected chi connectivity index (χ3v) is 30.9. The van der Waals surface area contributed by atoms with E-state index in [0.29, 0.717) is 0 Å². The molecule has 3 nitrogen and oxygen atoms in total. The Hall–Kier alpha value is 0.748. The number of rotatable bonds is 26. The minimum absolute atomic E-state index is 1.15. The Bertz CT molecular complexity index is 455. The van der Waals surface area contributed by atoms with Crippen LogP contribution in [0.2, 0.25) is 60.4 Å². The molecule has 0 spiro atoms. The first-order valence-electron chi connectivity index (χ1n) is 16.8. The molecule has 0 aromatic rings. The van der Waals surface area contributed by atoms with Gasteiger partial charge in [0.2, 0.25) is 0 Å². The van der Waals surface area contributed by atoms with Gasteiger partial charge in [0, 0.05) is 0 Å². The molecule has 37 heavy (non-hydrogen) atoms. The van der Waals surface area contributed by atoms with E-state index < -0.39 is 33.8 Å². The Morgan fingerprint density at radius 3 is 0.622 bits per heavy atom. The van der Waals surface area contributed by atoms with Crippen molar-refractivity contribution in [3.63, 3.8) is 0 Å². The standard InChI is InChI=1S/C30H70O3Si4/c1-11-21-34(22-12-2,23-13-3)31-36(27-17-7,28-18-8)33-37(29-19-9,30-20-10)32-35(24-14-4,25-15-5)26-16-6/h11-30H2,1-10H3. The Morgan fingerprint density at radius 1 is 0.270 bits per heavy atom. The third kappa shape index (κ3) is 12.9. The van der Waals surface area contributed by atoms with Crippen molar-refractivity contribution in [2.75, 3.05) is 0 Å². The highest BCUT2D eigenvalue weighted by atomic mass is 28.5. The van der Waals surface area contributed by atoms with Gasteiger partial charge in [-0.1, -0.05) is 133 Å². The first-order valence-corrected chi connectivity index (χ1v) is 26.4. The summed E-state index contributed by atoms with van der Waals surface area (Å²) in [5, 5.41) is 0. The van der Waals surface area contributed by atoms with Gasteiger partial charge >= 0.3 is 17.1 Å². The van der Waals surface area contributed by atoms with Crippen LogP contribution >= 0.6 is 0 Å². The first-order chi connectivity index (χ1) is 17.7. The van der Waals surface area contributed by atoms with Crippen molar-refractivity contribution in [1.82, 2.24) is 0 Å². The highest BCUT2D eigenvalue weighted by Crippen LogP contribution is 2.42. The van der Waals surface area contributed by atoms with Crippen LogP contribution in [0.15, 0.2) is 0 Å². The average Bonchev–Trinajstić information content (AvgIpc) is 2.80. The van der Waals surface area contributed by atoms with Gasteiger partial charge in [0.15, 0.2) is 16.6 Å². The fourth-order valence-corrected chi connectivity index (χ4v) is 33.5. The molecule has 0 aliphatic carbocycles. The van der Waals surface area contributed by atoms with Crippen LogP contribution in [-0.4, -0.2) is 33.8 Å². The lowest BCUT2D eigenvalue weighted by Crippen LogP contribution is -2.62. The van der Waals surface area contributed by atoms with Gasteiger partial charge in [-0.3, -0.25) is 0 Å². The van der Waals surface area contributed by atoms with Crippen molar-refractivity contribution < 1.29 is 12.3 Å². The normalized spacial score (nSPS) is 13.5. The van der Waals surface area contributed by atoms with Crippen molar-refractivity contribution in [2.45, 2.75) is 194 Å². The molecule has 0 aliphatic heterocycles. The molecule has 0 aromatic heterocycles. The molecular formula is C30H70O3Si4. The van der Waals surface area contributed by atoms with Crippen LogP contribution in [0.5, 0.6) is 0 Å². The van der Waals surface area contributed by atoms with Crippen molar-refractivity contribution in [3.8, 4) is 0 Å². The molecule has 0 aliphatic rings. The second kappa shape index (κ2) is 20.6. The predicted molar refractivity (Wildman–Crippen MR) is 177 cm³/mol. The monoisotopic (exact) mass is 590 g/mol. The van der Waals surface area contributed by atoms with Crippen molar-refractivity contribution >= 4 is 33.8 Å². The van der Waals surface area contributed by atoms with E-state index in [1.165, 1.54) is 100 Å². The lowest BCUT2D eigenvalue weighted by molar-refractivity contribution is 0.291. The van der Waals surface area contributed by atoms with Crippen LogP contribution < -0.4 is 0 Å². The smallest absolute Gasteiger partial charge is 0.319 e. The van der Waals surface area contributed by atoms with Gasteiger partial charge in [0.05, 0.1) is 0 Å². The van der Waals surface area contributed by atoms with E-state index in [2.05, 4.69) is 69.2 Å². The largest absolute Gasteiger partial charge is 0.436 e.